The maximum Gasteiger partial charge on any atom is 0.0277 e. The van der Waals surface area contributed by atoms with E-state index in [1.807, 2.05) is 31.2 Å². The number of nitrogens with zero attached hydrogens (tertiary/aromatic N) is 2. The van der Waals surface area contributed by atoms with Crippen molar-refractivity contribution in [2.45, 2.75) is 6.92 Å². The van der Waals surface area contributed by atoms with Crippen LogP contribution in [0, 0.1) is 0 Å². The lowest BCUT2D eigenvalue weighted by Crippen LogP contribution is -1.82. The zero-order valence-electron chi connectivity index (χ0n) is 8.51. The van der Waals surface area contributed by atoms with Crippen LogP contribution < -0.4 is 0 Å². The predicted molar refractivity (Wildman–Crippen MR) is 61.4 cm³/mol. The highest BCUT2D eigenvalue weighted by molar-refractivity contribution is 5.88. The molecule has 0 bridgehead atoms. The lowest BCUT2D eigenvalue weighted by atomic mass is 10.1. The van der Waals surface area contributed by atoms with E-state index in [1.165, 1.54) is 0 Å². The van der Waals surface area contributed by atoms with Gasteiger partial charge in [-0.05, 0) is 36.3 Å². The summed E-state index contributed by atoms with van der Waals surface area (Å²) in [6.07, 6.45) is 11.4. The molecule has 0 amide bonds. The summed E-state index contributed by atoms with van der Waals surface area (Å²) >= 11 is 0. The molecule has 1 heterocycles. The zero-order chi connectivity index (χ0) is 10.2. The van der Waals surface area contributed by atoms with Crippen LogP contribution >= 0.6 is 0 Å². The quantitative estimate of drug-likeness (QED) is 0.526. The fourth-order valence-corrected chi connectivity index (χ4v) is 1.13. The Morgan fingerprint density at radius 2 is 2.07 bits per heavy atom. The highest BCUT2D eigenvalue weighted by Crippen LogP contribution is 2.13. The van der Waals surface area contributed by atoms with Crippen molar-refractivity contribution in [3.63, 3.8) is 0 Å². The third kappa shape index (κ3) is 2.98. The van der Waals surface area contributed by atoms with E-state index in [4.69, 9.17) is 0 Å². The van der Waals surface area contributed by atoms with Crippen molar-refractivity contribution >= 4 is 11.8 Å². The molecule has 0 aliphatic heterocycles. The van der Waals surface area contributed by atoms with Crippen molar-refractivity contribution in [3.8, 4) is 0 Å². The minimum atomic E-state index is 1.14. The first kappa shape index (κ1) is 10.4. The fourth-order valence-electron chi connectivity index (χ4n) is 1.13. The second kappa shape index (κ2) is 5.86. The number of aromatic nitrogens is 1. The summed E-state index contributed by atoms with van der Waals surface area (Å²) in [6, 6.07) is 3.96. The molecule has 0 N–H and O–H groups in total. The lowest BCUT2D eigenvalue weighted by Gasteiger charge is -1.99. The van der Waals surface area contributed by atoms with Crippen LogP contribution in [0.3, 0.4) is 0 Å². The maximum absolute atomic E-state index is 3.98. The first-order chi connectivity index (χ1) is 6.88. The molecule has 2 heteroatoms. The van der Waals surface area contributed by atoms with Gasteiger partial charge in [0.15, 0.2) is 0 Å². The second-order valence-electron chi connectivity index (χ2n) is 2.77. The minimum absolute atomic E-state index is 1.14. The summed E-state index contributed by atoms with van der Waals surface area (Å²) in [7, 11) is 1.76. The molecule has 0 radical (unpaired) electrons. The van der Waals surface area contributed by atoms with Crippen LogP contribution in [-0.4, -0.2) is 18.2 Å². The van der Waals surface area contributed by atoms with E-state index in [-0.39, 0.29) is 0 Å². The van der Waals surface area contributed by atoms with Gasteiger partial charge in [0.25, 0.3) is 0 Å². The van der Waals surface area contributed by atoms with Crippen molar-refractivity contribution in [2.75, 3.05) is 7.05 Å². The zero-order valence-corrected chi connectivity index (χ0v) is 8.51. The Balaban J connectivity index is 3.00. The van der Waals surface area contributed by atoms with Crippen molar-refractivity contribution in [2.24, 2.45) is 4.99 Å². The molecule has 0 saturated heterocycles. The Hall–Kier alpha value is -1.70. The van der Waals surface area contributed by atoms with Crippen molar-refractivity contribution in [1.82, 2.24) is 4.98 Å². The molecule has 1 aromatic rings. The average Bonchev–Trinajstić information content (AvgIpc) is 2.25. The van der Waals surface area contributed by atoms with Gasteiger partial charge in [-0.3, -0.25) is 9.98 Å². The van der Waals surface area contributed by atoms with E-state index < -0.39 is 0 Å². The van der Waals surface area contributed by atoms with Crippen LogP contribution in [0.5, 0.6) is 0 Å². The van der Waals surface area contributed by atoms with Crippen LogP contribution in [-0.2, 0) is 0 Å². The van der Waals surface area contributed by atoms with Gasteiger partial charge in [-0.1, -0.05) is 12.2 Å². The molecule has 0 saturated carbocycles. The minimum Gasteiger partial charge on any atom is -0.296 e. The molecule has 0 atom stereocenters. The molecule has 0 unspecified atom stereocenters. The Labute approximate surface area is 84.7 Å². The van der Waals surface area contributed by atoms with E-state index in [0.29, 0.717) is 0 Å². The molecule has 0 fully saturated rings. The molecule has 0 spiro atoms. The van der Waals surface area contributed by atoms with Gasteiger partial charge in [-0.25, -0.2) is 0 Å². The first-order valence-electron chi connectivity index (χ1n) is 4.54. The van der Waals surface area contributed by atoms with Crippen LogP contribution in [0.1, 0.15) is 12.5 Å². The Bertz CT molecular complexity index is 348. The Morgan fingerprint density at radius 3 is 2.64 bits per heavy atom. The molecule has 2 nitrogen and oxygen atoms in total. The largest absolute Gasteiger partial charge is 0.296 e. The van der Waals surface area contributed by atoms with E-state index in [2.05, 4.69) is 16.1 Å². The van der Waals surface area contributed by atoms with Crippen LogP contribution in [0.25, 0.3) is 5.57 Å². The Kier molecular flexibility index (Phi) is 4.35. The van der Waals surface area contributed by atoms with Gasteiger partial charge >= 0.3 is 0 Å². The van der Waals surface area contributed by atoms with Crippen LogP contribution in [0.2, 0.25) is 0 Å². The van der Waals surface area contributed by atoms with Gasteiger partial charge < -0.3 is 0 Å². The summed E-state index contributed by atoms with van der Waals surface area (Å²) in [6.45, 7) is 2.00. The normalized spacial score (nSPS) is 12.9. The third-order valence-corrected chi connectivity index (χ3v) is 1.76. The van der Waals surface area contributed by atoms with E-state index in [1.54, 1.807) is 25.7 Å². The molecule has 0 aromatic carbocycles. The van der Waals surface area contributed by atoms with Crippen molar-refractivity contribution < 1.29 is 0 Å². The predicted octanol–water partition coefficient (Wildman–Crippen LogP) is 2.74. The number of hydrogen-bond acceptors (Lipinski definition) is 2. The summed E-state index contributed by atoms with van der Waals surface area (Å²) in [5.41, 5.74) is 2.29. The van der Waals surface area contributed by atoms with Gasteiger partial charge in [0, 0.05) is 25.7 Å². The maximum atomic E-state index is 3.98. The number of pyridine rings is 1. The van der Waals surface area contributed by atoms with E-state index in [0.717, 1.165) is 11.1 Å². The SMILES string of the molecule is C\C=C/C(=C\C=N\C)c1ccncc1. The molecule has 1 aromatic heterocycles. The first-order valence-corrected chi connectivity index (χ1v) is 4.54. The van der Waals surface area contributed by atoms with E-state index >= 15 is 0 Å². The molecule has 1 rings (SSSR count). The third-order valence-electron chi connectivity index (χ3n) is 1.76. The summed E-state index contributed by atoms with van der Waals surface area (Å²) in [5.74, 6) is 0. The van der Waals surface area contributed by atoms with Gasteiger partial charge in [0.1, 0.15) is 0 Å². The smallest absolute Gasteiger partial charge is 0.0277 e. The number of allylic oxidation sites excluding steroid dienone is 4. The molecular formula is C12H14N2. The summed E-state index contributed by atoms with van der Waals surface area (Å²) < 4.78 is 0. The molecule has 0 aliphatic carbocycles. The number of aliphatic imine (C=N–C) groups is 1. The van der Waals surface area contributed by atoms with Gasteiger partial charge in [0.05, 0.1) is 0 Å². The summed E-state index contributed by atoms with van der Waals surface area (Å²) in [4.78, 5) is 7.92. The molecule has 72 valence electrons. The van der Waals surface area contributed by atoms with Gasteiger partial charge in [-0.15, -0.1) is 0 Å². The number of rotatable bonds is 3. The number of hydrogen-bond donors (Lipinski definition) is 0. The lowest BCUT2D eigenvalue weighted by molar-refractivity contribution is 1.32. The average molecular weight is 186 g/mol. The molecular weight excluding hydrogens is 172 g/mol. The second-order valence-corrected chi connectivity index (χ2v) is 2.77. The topological polar surface area (TPSA) is 25.2 Å². The monoisotopic (exact) mass is 186 g/mol. The highest BCUT2D eigenvalue weighted by atomic mass is 14.6. The van der Waals surface area contributed by atoms with Crippen LogP contribution in [0.15, 0.2) is 47.7 Å². The summed E-state index contributed by atoms with van der Waals surface area (Å²) in [5, 5.41) is 0. The van der Waals surface area contributed by atoms with Gasteiger partial charge in [-0.2, -0.15) is 0 Å². The van der Waals surface area contributed by atoms with Crippen LogP contribution in [0.4, 0.5) is 0 Å². The molecule has 14 heavy (non-hydrogen) atoms. The highest BCUT2D eigenvalue weighted by Gasteiger charge is 1.94. The fraction of sp³-hybridized carbons (Fsp3) is 0.167. The standard InChI is InChI=1S/C12H14N2/c1-3-4-11(5-8-13-2)12-6-9-14-10-7-12/h3-10H,1-2H3/b4-3-,11-5+,13-8+. The van der Waals surface area contributed by atoms with Gasteiger partial charge in [0.2, 0.25) is 0 Å². The molecule has 0 aliphatic rings. The Morgan fingerprint density at radius 1 is 1.36 bits per heavy atom. The van der Waals surface area contributed by atoms with Crippen molar-refractivity contribution in [3.05, 3.63) is 48.3 Å². The van der Waals surface area contributed by atoms with E-state index in [9.17, 15) is 0 Å². The van der Waals surface area contributed by atoms with Crippen molar-refractivity contribution in [1.29, 1.82) is 0 Å².